The largest absolute Gasteiger partial charge is 0.495 e. The number of carbonyl (C=O) groups excluding carboxylic acids is 1. The molecule has 0 bridgehead atoms. The average Bonchev–Trinajstić information content (AvgIpc) is 2.55. The molecule has 2 amide bonds. The molecule has 0 atom stereocenters. The van der Waals surface area contributed by atoms with Crippen LogP contribution in [0.5, 0.6) is 5.75 Å². The molecule has 1 aliphatic rings. The number of ether oxygens (including phenoxy) is 1. The summed E-state index contributed by atoms with van der Waals surface area (Å²) in [5.74, 6) is 0.659. The summed E-state index contributed by atoms with van der Waals surface area (Å²) in [6, 6.07) is 13.5. The molecule has 1 heterocycles. The smallest absolute Gasteiger partial charge is 0.326 e. The normalized spacial score (nSPS) is 13.5. The van der Waals surface area contributed by atoms with E-state index in [4.69, 9.17) is 4.74 Å². The molecule has 0 fully saturated rings. The van der Waals surface area contributed by atoms with E-state index in [1.807, 2.05) is 56.4 Å². The molecular weight excluding hydrogens is 290 g/mol. The third-order valence-electron chi connectivity index (χ3n) is 4.08. The Labute approximate surface area is 136 Å². The summed E-state index contributed by atoms with van der Waals surface area (Å²) in [7, 11) is 3.64. The lowest BCUT2D eigenvalue weighted by molar-refractivity contribution is 0.256. The summed E-state index contributed by atoms with van der Waals surface area (Å²) in [5.41, 5.74) is 3.74. The van der Waals surface area contributed by atoms with Crippen LogP contribution < -0.4 is 19.9 Å². The van der Waals surface area contributed by atoms with Crippen LogP contribution in [0.4, 0.5) is 21.9 Å². The summed E-state index contributed by atoms with van der Waals surface area (Å²) in [5, 5.41) is 2.97. The molecule has 0 spiro atoms. The number of likely N-dealkylation sites (N-methyl/N-ethyl adjacent to an activating group) is 1. The third-order valence-corrected chi connectivity index (χ3v) is 4.08. The van der Waals surface area contributed by atoms with E-state index >= 15 is 0 Å². The van der Waals surface area contributed by atoms with Gasteiger partial charge in [0.25, 0.3) is 0 Å². The topological polar surface area (TPSA) is 44.8 Å². The molecule has 3 rings (SSSR count). The molecule has 0 aliphatic carbocycles. The van der Waals surface area contributed by atoms with Crippen molar-refractivity contribution in [2.45, 2.75) is 6.92 Å². The highest BCUT2D eigenvalue weighted by Crippen LogP contribution is 2.33. The zero-order valence-corrected chi connectivity index (χ0v) is 13.7. The molecule has 1 aliphatic heterocycles. The maximum atomic E-state index is 12.8. The van der Waals surface area contributed by atoms with Crippen molar-refractivity contribution in [3.8, 4) is 5.75 Å². The van der Waals surface area contributed by atoms with Crippen LogP contribution in [0.3, 0.4) is 0 Å². The summed E-state index contributed by atoms with van der Waals surface area (Å²) in [4.78, 5) is 16.7. The molecule has 0 aromatic heterocycles. The number of urea groups is 1. The van der Waals surface area contributed by atoms with Gasteiger partial charge < -0.3 is 15.0 Å². The van der Waals surface area contributed by atoms with Crippen LogP contribution in [-0.2, 0) is 0 Å². The zero-order chi connectivity index (χ0) is 16.4. The van der Waals surface area contributed by atoms with Crippen molar-refractivity contribution in [3.63, 3.8) is 0 Å². The highest BCUT2D eigenvalue weighted by atomic mass is 16.5. The monoisotopic (exact) mass is 311 g/mol. The minimum Gasteiger partial charge on any atom is -0.495 e. The zero-order valence-electron chi connectivity index (χ0n) is 13.7. The Morgan fingerprint density at radius 2 is 1.87 bits per heavy atom. The summed E-state index contributed by atoms with van der Waals surface area (Å²) in [6.07, 6.45) is 0. The lowest BCUT2D eigenvalue weighted by Crippen LogP contribution is -2.44. The number of aryl methyl sites for hydroxylation is 1. The van der Waals surface area contributed by atoms with Gasteiger partial charge in [-0.1, -0.05) is 18.2 Å². The van der Waals surface area contributed by atoms with Crippen LogP contribution in [0.1, 0.15) is 5.56 Å². The number of rotatable bonds is 2. The van der Waals surface area contributed by atoms with Gasteiger partial charge in [0.05, 0.1) is 24.2 Å². The van der Waals surface area contributed by atoms with Crippen LogP contribution in [0, 0.1) is 6.92 Å². The number of benzene rings is 2. The second-order valence-corrected chi connectivity index (χ2v) is 5.70. The Hall–Kier alpha value is -2.69. The molecule has 23 heavy (non-hydrogen) atoms. The van der Waals surface area contributed by atoms with Crippen LogP contribution in [-0.4, -0.2) is 33.3 Å². The molecule has 1 N–H and O–H groups in total. The van der Waals surface area contributed by atoms with E-state index in [0.717, 1.165) is 23.5 Å². The fourth-order valence-corrected chi connectivity index (χ4v) is 2.82. The van der Waals surface area contributed by atoms with Crippen molar-refractivity contribution in [1.29, 1.82) is 0 Å². The number of anilines is 3. The van der Waals surface area contributed by atoms with Gasteiger partial charge in [-0.05, 0) is 36.8 Å². The van der Waals surface area contributed by atoms with Gasteiger partial charge >= 0.3 is 6.03 Å². The Balaban J connectivity index is 1.88. The van der Waals surface area contributed by atoms with Crippen LogP contribution in [0.25, 0.3) is 0 Å². The number of hydrogen-bond donors (Lipinski definition) is 1. The molecule has 0 saturated carbocycles. The first kappa shape index (κ1) is 15.2. The van der Waals surface area contributed by atoms with E-state index in [1.54, 1.807) is 12.0 Å². The van der Waals surface area contributed by atoms with Crippen molar-refractivity contribution in [1.82, 2.24) is 0 Å². The summed E-state index contributed by atoms with van der Waals surface area (Å²) in [6.45, 7) is 3.43. The average molecular weight is 311 g/mol. The van der Waals surface area contributed by atoms with Gasteiger partial charge in [-0.15, -0.1) is 0 Å². The Morgan fingerprint density at radius 3 is 2.61 bits per heavy atom. The van der Waals surface area contributed by atoms with Crippen molar-refractivity contribution in [3.05, 3.63) is 48.0 Å². The van der Waals surface area contributed by atoms with Gasteiger partial charge in [0.15, 0.2) is 0 Å². The van der Waals surface area contributed by atoms with Crippen LogP contribution in [0.15, 0.2) is 42.5 Å². The first-order valence-electron chi connectivity index (χ1n) is 7.63. The number of fused-ring (bicyclic) bond motifs is 1. The van der Waals surface area contributed by atoms with Gasteiger partial charge in [-0.3, -0.25) is 4.90 Å². The predicted molar refractivity (Wildman–Crippen MR) is 93.8 cm³/mol. The second-order valence-electron chi connectivity index (χ2n) is 5.70. The number of methoxy groups -OCH3 is 1. The molecule has 0 radical (unpaired) electrons. The highest BCUT2D eigenvalue weighted by Gasteiger charge is 2.25. The number of para-hydroxylation sites is 2. The summed E-state index contributed by atoms with van der Waals surface area (Å²) >= 11 is 0. The van der Waals surface area contributed by atoms with Gasteiger partial charge in [-0.2, -0.15) is 0 Å². The first-order chi connectivity index (χ1) is 11.1. The third kappa shape index (κ3) is 2.95. The van der Waals surface area contributed by atoms with Crippen LogP contribution in [0.2, 0.25) is 0 Å². The minimum absolute atomic E-state index is 0.144. The predicted octanol–water partition coefficient (Wildman–Crippen LogP) is 3.49. The number of hydrogen-bond acceptors (Lipinski definition) is 3. The molecular formula is C18H21N3O2. The Bertz CT molecular complexity index is 730. The van der Waals surface area contributed by atoms with Gasteiger partial charge in [0, 0.05) is 20.1 Å². The second kappa shape index (κ2) is 6.20. The molecule has 2 aromatic rings. The summed E-state index contributed by atoms with van der Waals surface area (Å²) < 4.78 is 5.33. The number of carbonyl (C=O) groups is 1. The fraction of sp³-hybridized carbons (Fsp3) is 0.278. The number of amides is 2. The van der Waals surface area contributed by atoms with E-state index in [-0.39, 0.29) is 6.03 Å². The molecule has 5 heteroatoms. The fourth-order valence-electron chi connectivity index (χ4n) is 2.82. The van der Waals surface area contributed by atoms with Crippen LogP contribution >= 0.6 is 0 Å². The molecule has 0 unspecified atom stereocenters. The first-order valence-corrected chi connectivity index (χ1v) is 7.63. The molecule has 0 saturated heterocycles. The molecule has 2 aromatic carbocycles. The van der Waals surface area contributed by atoms with Gasteiger partial charge in [0.2, 0.25) is 0 Å². The Kier molecular flexibility index (Phi) is 4.10. The van der Waals surface area contributed by atoms with Crippen molar-refractivity contribution in [2.24, 2.45) is 0 Å². The maximum Gasteiger partial charge on any atom is 0.326 e. The van der Waals surface area contributed by atoms with E-state index in [2.05, 4.69) is 10.2 Å². The molecule has 5 nitrogen and oxygen atoms in total. The van der Waals surface area contributed by atoms with E-state index in [0.29, 0.717) is 18.0 Å². The lowest BCUT2D eigenvalue weighted by atomic mass is 10.2. The standard InChI is InChI=1S/C18H21N3O2/c1-13-8-9-17(23-3)14(12-13)19-18(22)21-11-10-20(2)15-6-4-5-7-16(15)21/h4-9,12H,10-11H2,1-3H3,(H,19,22). The SMILES string of the molecule is COc1ccc(C)cc1NC(=O)N1CCN(C)c2ccccc21. The van der Waals surface area contributed by atoms with Crippen molar-refractivity contribution < 1.29 is 9.53 Å². The number of nitrogens with zero attached hydrogens (tertiary/aromatic N) is 2. The van der Waals surface area contributed by atoms with E-state index < -0.39 is 0 Å². The highest BCUT2D eigenvalue weighted by molar-refractivity contribution is 6.05. The van der Waals surface area contributed by atoms with Gasteiger partial charge in [0.1, 0.15) is 5.75 Å². The van der Waals surface area contributed by atoms with E-state index in [9.17, 15) is 4.79 Å². The van der Waals surface area contributed by atoms with Gasteiger partial charge in [-0.25, -0.2) is 4.79 Å². The van der Waals surface area contributed by atoms with Crippen molar-refractivity contribution in [2.75, 3.05) is 42.4 Å². The minimum atomic E-state index is -0.144. The Morgan fingerprint density at radius 1 is 1.13 bits per heavy atom. The quantitative estimate of drug-likeness (QED) is 0.923. The maximum absolute atomic E-state index is 12.8. The number of nitrogens with one attached hydrogen (secondary N) is 1. The van der Waals surface area contributed by atoms with Crippen molar-refractivity contribution >= 4 is 23.1 Å². The van der Waals surface area contributed by atoms with E-state index in [1.165, 1.54) is 0 Å². The molecule has 120 valence electrons. The lowest BCUT2D eigenvalue weighted by Gasteiger charge is -2.35.